The van der Waals surface area contributed by atoms with Gasteiger partial charge in [-0.3, -0.25) is 9.59 Å². The van der Waals surface area contributed by atoms with E-state index in [0.29, 0.717) is 5.52 Å². The molecule has 1 aromatic carbocycles. The molecule has 0 aliphatic carbocycles. The molecule has 1 unspecified atom stereocenters. The number of aryl methyl sites for hydroxylation is 2. The molecule has 0 fully saturated rings. The lowest BCUT2D eigenvalue weighted by Gasteiger charge is -2.09. The van der Waals surface area contributed by atoms with Gasteiger partial charge in [0.15, 0.2) is 9.84 Å². The van der Waals surface area contributed by atoms with Crippen molar-refractivity contribution >= 4 is 37.3 Å². The van der Waals surface area contributed by atoms with Gasteiger partial charge >= 0.3 is 0 Å². The average Bonchev–Trinajstić information content (AvgIpc) is 3.18. The normalized spacial score (nSPS) is 17.9. The summed E-state index contributed by atoms with van der Waals surface area (Å²) >= 11 is 1.49. The maximum Gasteiger partial charge on any atom is 0.261 e. The number of hydrogen-bond acceptors (Lipinski definition) is 5. The van der Waals surface area contributed by atoms with E-state index in [-0.39, 0.29) is 11.3 Å². The van der Waals surface area contributed by atoms with E-state index in [4.69, 9.17) is 0 Å². The number of benzene rings is 1. The second kappa shape index (κ2) is 6.72. The standard InChI is InChI=1S/C20H18N2O4S2/c1-11-3-4-13(7-12(11)2)17-9-16-18(27-17)8-15(20(24)22-16)19(23)21-14-5-6-28(25,26)10-14/h3-9,14H,10H2,1-2H3,(H,21,23)(H,22,24). The topological polar surface area (TPSA) is 96.1 Å². The Morgan fingerprint density at radius 1 is 1.18 bits per heavy atom. The molecule has 1 atom stereocenters. The molecule has 0 saturated carbocycles. The van der Waals surface area contributed by atoms with Crippen molar-refractivity contribution in [2.75, 3.05) is 5.75 Å². The predicted molar refractivity (Wildman–Crippen MR) is 112 cm³/mol. The molecule has 1 amide bonds. The van der Waals surface area contributed by atoms with Crippen LogP contribution in [0, 0.1) is 13.8 Å². The number of rotatable bonds is 3. The van der Waals surface area contributed by atoms with Crippen LogP contribution >= 0.6 is 11.3 Å². The minimum Gasteiger partial charge on any atom is -0.345 e. The van der Waals surface area contributed by atoms with Crippen molar-refractivity contribution in [3.05, 3.63) is 68.9 Å². The van der Waals surface area contributed by atoms with E-state index in [2.05, 4.69) is 29.4 Å². The van der Waals surface area contributed by atoms with Crippen LogP contribution in [0.2, 0.25) is 0 Å². The van der Waals surface area contributed by atoms with Crippen molar-refractivity contribution in [1.82, 2.24) is 10.3 Å². The number of sulfone groups is 1. The Balaban J connectivity index is 1.66. The molecule has 3 heterocycles. The highest BCUT2D eigenvalue weighted by Crippen LogP contribution is 2.33. The number of aromatic nitrogens is 1. The van der Waals surface area contributed by atoms with Gasteiger partial charge in [-0.2, -0.15) is 0 Å². The number of pyridine rings is 1. The molecule has 144 valence electrons. The summed E-state index contributed by atoms with van der Waals surface area (Å²) in [7, 11) is -3.28. The van der Waals surface area contributed by atoms with Gasteiger partial charge in [-0.05, 0) is 48.7 Å². The first-order valence-corrected chi connectivity index (χ1v) is 11.2. The van der Waals surface area contributed by atoms with E-state index in [1.54, 1.807) is 6.07 Å². The van der Waals surface area contributed by atoms with E-state index in [0.717, 1.165) is 20.5 Å². The smallest absolute Gasteiger partial charge is 0.261 e. The lowest BCUT2D eigenvalue weighted by Crippen LogP contribution is -2.38. The van der Waals surface area contributed by atoms with Gasteiger partial charge in [0.25, 0.3) is 11.5 Å². The molecular formula is C20H18N2O4S2. The Kier molecular flexibility index (Phi) is 4.47. The molecule has 0 radical (unpaired) electrons. The monoisotopic (exact) mass is 414 g/mol. The lowest BCUT2D eigenvalue weighted by molar-refractivity contribution is 0.0946. The first-order valence-electron chi connectivity index (χ1n) is 8.68. The molecule has 1 aliphatic heterocycles. The molecule has 0 saturated heterocycles. The van der Waals surface area contributed by atoms with Crippen LogP contribution in [0.3, 0.4) is 0 Å². The first-order chi connectivity index (χ1) is 13.2. The van der Waals surface area contributed by atoms with Gasteiger partial charge in [-0.15, -0.1) is 11.3 Å². The minimum absolute atomic E-state index is 0.0290. The molecule has 0 spiro atoms. The van der Waals surface area contributed by atoms with E-state index in [9.17, 15) is 18.0 Å². The van der Waals surface area contributed by atoms with Crippen LogP contribution in [0.5, 0.6) is 0 Å². The van der Waals surface area contributed by atoms with Crippen LogP contribution in [0.4, 0.5) is 0 Å². The molecule has 8 heteroatoms. The summed E-state index contributed by atoms with van der Waals surface area (Å²) in [6.07, 6.45) is 1.42. The Labute approximate surface area is 165 Å². The van der Waals surface area contributed by atoms with Crippen molar-refractivity contribution in [3.63, 3.8) is 0 Å². The highest BCUT2D eigenvalue weighted by Gasteiger charge is 2.24. The van der Waals surface area contributed by atoms with Crippen molar-refractivity contribution in [2.24, 2.45) is 0 Å². The van der Waals surface area contributed by atoms with Gasteiger partial charge in [0, 0.05) is 10.3 Å². The fourth-order valence-corrected chi connectivity index (χ4v) is 5.40. The average molecular weight is 415 g/mol. The third-order valence-electron chi connectivity index (χ3n) is 4.81. The van der Waals surface area contributed by atoms with E-state index < -0.39 is 27.3 Å². The number of fused-ring (bicyclic) bond motifs is 1. The van der Waals surface area contributed by atoms with Crippen LogP contribution in [0.25, 0.3) is 20.7 Å². The summed E-state index contributed by atoms with van der Waals surface area (Å²) in [6, 6.07) is 9.03. The fourth-order valence-electron chi connectivity index (χ4n) is 3.11. The maximum absolute atomic E-state index is 12.5. The quantitative estimate of drug-likeness (QED) is 0.689. The fraction of sp³-hybridized carbons (Fsp3) is 0.200. The van der Waals surface area contributed by atoms with Crippen LogP contribution in [-0.2, 0) is 9.84 Å². The van der Waals surface area contributed by atoms with Crippen molar-refractivity contribution in [2.45, 2.75) is 19.9 Å². The van der Waals surface area contributed by atoms with Gasteiger partial charge < -0.3 is 10.3 Å². The Morgan fingerprint density at radius 3 is 2.64 bits per heavy atom. The SMILES string of the molecule is Cc1ccc(-c2cc3[nH]c(=O)c(C(=O)NC4C=CS(=O)(=O)C4)cc3s2)cc1C. The Morgan fingerprint density at radius 2 is 1.96 bits per heavy atom. The molecule has 6 nitrogen and oxygen atoms in total. The van der Waals surface area contributed by atoms with Crippen molar-refractivity contribution in [3.8, 4) is 10.4 Å². The van der Waals surface area contributed by atoms with Gasteiger partial charge in [0.05, 0.1) is 22.0 Å². The van der Waals surface area contributed by atoms with Gasteiger partial charge in [0.2, 0.25) is 0 Å². The zero-order chi connectivity index (χ0) is 20.1. The summed E-state index contributed by atoms with van der Waals surface area (Å²) in [5.74, 6) is -0.773. The third kappa shape index (κ3) is 3.53. The van der Waals surface area contributed by atoms with E-state index in [1.807, 2.05) is 19.1 Å². The molecule has 28 heavy (non-hydrogen) atoms. The number of H-pyrrole nitrogens is 1. The Hall–Kier alpha value is -2.71. The number of carbonyl (C=O) groups excluding carboxylic acids is 1. The summed E-state index contributed by atoms with van der Waals surface area (Å²) in [5, 5.41) is 3.67. The highest BCUT2D eigenvalue weighted by molar-refractivity contribution is 7.94. The number of amides is 1. The third-order valence-corrected chi connectivity index (χ3v) is 7.34. The van der Waals surface area contributed by atoms with Crippen LogP contribution in [-0.4, -0.2) is 31.1 Å². The number of hydrogen-bond donors (Lipinski definition) is 2. The molecule has 2 N–H and O–H groups in total. The molecule has 1 aliphatic rings. The van der Waals surface area contributed by atoms with Crippen LogP contribution < -0.4 is 10.9 Å². The second-order valence-corrected chi connectivity index (χ2v) is 9.95. The predicted octanol–water partition coefficient (Wildman–Crippen LogP) is 2.91. The Bertz CT molecular complexity index is 1300. The maximum atomic E-state index is 12.5. The van der Waals surface area contributed by atoms with Gasteiger partial charge in [0.1, 0.15) is 5.56 Å². The number of aromatic amines is 1. The molecule has 4 rings (SSSR count). The molecule has 3 aromatic rings. The zero-order valence-electron chi connectivity index (χ0n) is 15.3. The lowest BCUT2D eigenvalue weighted by atomic mass is 10.1. The van der Waals surface area contributed by atoms with Gasteiger partial charge in [-0.25, -0.2) is 8.42 Å². The van der Waals surface area contributed by atoms with Crippen LogP contribution in [0.15, 0.2) is 46.6 Å². The number of nitrogens with one attached hydrogen (secondary N) is 2. The largest absolute Gasteiger partial charge is 0.345 e. The number of carbonyl (C=O) groups is 1. The molecule has 0 bridgehead atoms. The van der Waals surface area contributed by atoms with Gasteiger partial charge in [-0.1, -0.05) is 18.2 Å². The molecule has 2 aromatic heterocycles. The summed E-state index contributed by atoms with van der Waals surface area (Å²) in [5.41, 5.74) is 3.59. The van der Waals surface area contributed by atoms with Crippen molar-refractivity contribution in [1.29, 1.82) is 0 Å². The zero-order valence-corrected chi connectivity index (χ0v) is 16.9. The summed E-state index contributed by atoms with van der Waals surface area (Å²) in [4.78, 5) is 28.6. The minimum atomic E-state index is -3.28. The highest BCUT2D eigenvalue weighted by atomic mass is 32.2. The summed E-state index contributed by atoms with van der Waals surface area (Å²) < 4.78 is 23.7. The van der Waals surface area contributed by atoms with Crippen LogP contribution in [0.1, 0.15) is 21.5 Å². The van der Waals surface area contributed by atoms with E-state index in [1.165, 1.54) is 28.5 Å². The van der Waals surface area contributed by atoms with E-state index >= 15 is 0 Å². The van der Waals surface area contributed by atoms with Crippen molar-refractivity contribution < 1.29 is 13.2 Å². The second-order valence-electron chi connectivity index (χ2n) is 6.94. The molecular weight excluding hydrogens is 396 g/mol. The summed E-state index contributed by atoms with van der Waals surface area (Å²) in [6.45, 7) is 4.10. The number of thiophene rings is 1. The first kappa shape index (κ1) is 18.6.